The standard InChI is InChI=1S/C21H26F2N4O2/c22-21(23,13-16-5-2-1-3-6-16)14-17(18(28)25-11-10-24)26-19(29)27-12-4-7-20(15-27)8-9-20/h1-3,5-6,17H,4,7-9,11-15H2,(H,25,28)(H,26,29). The number of rotatable bonds is 7. The van der Waals surface area contributed by atoms with Crippen LogP contribution in [0.1, 0.15) is 37.7 Å². The molecule has 6 nitrogen and oxygen atoms in total. The van der Waals surface area contributed by atoms with E-state index in [0.717, 1.165) is 25.7 Å². The van der Waals surface area contributed by atoms with E-state index in [-0.39, 0.29) is 12.0 Å². The van der Waals surface area contributed by atoms with Crippen molar-refractivity contribution in [1.29, 1.82) is 5.26 Å². The molecule has 1 atom stereocenters. The number of nitrogens with one attached hydrogen (secondary N) is 2. The number of amides is 3. The smallest absolute Gasteiger partial charge is 0.318 e. The van der Waals surface area contributed by atoms with Crippen molar-refractivity contribution in [2.24, 2.45) is 5.41 Å². The van der Waals surface area contributed by atoms with Crippen molar-refractivity contribution in [2.75, 3.05) is 19.6 Å². The Morgan fingerprint density at radius 3 is 2.62 bits per heavy atom. The van der Waals surface area contributed by atoms with E-state index >= 15 is 0 Å². The van der Waals surface area contributed by atoms with E-state index in [4.69, 9.17) is 5.26 Å². The molecule has 0 bridgehead atoms. The molecule has 0 aromatic heterocycles. The van der Waals surface area contributed by atoms with Gasteiger partial charge in [-0.15, -0.1) is 0 Å². The minimum atomic E-state index is -3.19. The van der Waals surface area contributed by atoms with Crippen LogP contribution in [-0.4, -0.2) is 48.4 Å². The van der Waals surface area contributed by atoms with Gasteiger partial charge in [-0.3, -0.25) is 4.79 Å². The molecule has 1 aromatic rings. The van der Waals surface area contributed by atoms with Gasteiger partial charge in [0, 0.05) is 25.9 Å². The largest absolute Gasteiger partial charge is 0.341 e. The quantitative estimate of drug-likeness (QED) is 0.686. The Bertz CT molecular complexity index is 775. The second-order valence-electron chi connectivity index (χ2n) is 8.13. The van der Waals surface area contributed by atoms with E-state index in [1.54, 1.807) is 41.3 Å². The van der Waals surface area contributed by atoms with E-state index in [1.807, 2.05) is 0 Å². The van der Waals surface area contributed by atoms with Crippen LogP contribution in [0.25, 0.3) is 0 Å². The van der Waals surface area contributed by atoms with E-state index < -0.39 is 36.7 Å². The number of alkyl halides is 2. The number of hydrogen-bond donors (Lipinski definition) is 2. The number of carbonyl (C=O) groups is 2. The number of halogens is 2. The fraction of sp³-hybridized carbons (Fsp3) is 0.571. The van der Waals surface area contributed by atoms with Crippen LogP contribution in [0.5, 0.6) is 0 Å². The third-order valence-electron chi connectivity index (χ3n) is 5.67. The number of carbonyl (C=O) groups excluding carboxylic acids is 2. The molecule has 8 heteroatoms. The summed E-state index contributed by atoms with van der Waals surface area (Å²) in [5.41, 5.74) is 0.637. The second-order valence-corrected chi connectivity index (χ2v) is 8.13. The number of urea groups is 1. The maximum Gasteiger partial charge on any atom is 0.318 e. The second kappa shape index (κ2) is 8.76. The van der Waals surface area contributed by atoms with Crippen LogP contribution in [0, 0.1) is 16.7 Å². The Morgan fingerprint density at radius 2 is 1.97 bits per heavy atom. The summed E-state index contributed by atoms with van der Waals surface area (Å²) in [6, 6.07) is 8.13. The van der Waals surface area contributed by atoms with Crippen LogP contribution in [0.2, 0.25) is 0 Å². The lowest BCUT2D eigenvalue weighted by atomic mass is 9.95. The number of piperidine rings is 1. The number of likely N-dealkylation sites (tertiary alicyclic amines) is 1. The van der Waals surface area contributed by atoms with Crippen LogP contribution in [0.15, 0.2) is 30.3 Å². The number of nitrogens with zero attached hydrogens (tertiary/aromatic N) is 2. The zero-order valence-corrected chi connectivity index (χ0v) is 16.3. The van der Waals surface area contributed by atoms with Crippen molar-refractivity contribution in [3.8, 4) is 6.07 Å². The third kappa shape index (κ3) is 5.89. The number of benzene rings is 1. The van der Waals surface area contributed by atoms with Crippen molar-refractivity contribution in [3.05, 3.63) is 35.9 Å². The molecule has 1 aliphatic carbocycles. The van der Waals surface area contributed by atoms with E-state index in [1.165, 1.54) is 0 Å². The van der Waals surface area contributed by atoms with Crippen molar-refractivity contribution >= 4 is 11.9 Å². The first-order chi connectivity index (χ1) is 13.8. The summed E-state index contributed by atoms with van der Waals surface area (Å²) in [5.74, 6) is -3.96. The SMILES string of the molecule is N#CCNC(=O)C(CC(F)(F)Cc1ccccc1)NC(=O)N1CCCC2(CC2)C1. The Balaban J connectivity index is 1.65. The molecule has 1 heterocycles. The van der Waals surface area contributed by atoms with Crippen molar-refractivity contribution in [2.45, 2.75) is 50.5 Å². The maximum atomic E-state index is 14.7. The maximum absolute atomic E-state index is 14.7. The van der Waals surface area contributed by atoms with Crippen LogP contribution < -0.4 is 10.6 Å². The fourth-order valence-corrected chi connectivity index (χ4v) is 3.93. The summed E-state index contributed by atoms with van der Waals surface area (Å²) in [5, 5.41) is 13.4. The van der Waals surface area contributed by atoms with Gasteiger partial charge in [0.1, 0.15) is 12.6 Å². The Hall–Kier alpha value is -2.69. The minimum absolute atomic E-state index is 0.186. The summed E-state index contributed by atoms with van der Waals surface area (Å²) in [4.78, 5) is 26.7. The fourth-order valence-electron chi connectivity index (χ4n) is 3.93. The van der Waals surface area contributed by atoms with Gasteiger partial charge in [-0.1, -0.05) is 30.3 Å². The highest BCUT2D eigenvalue weighted by Crippen LogP contribution is 2.51. The molecule has 3 amide bonds. The average molecular weight is 404 g/mol. The highest BCUT2D eigenvalue weighted by atomic mass is 19.3. The summed E-state index contributed by atoms with van der Waals surface area (Å²) in [7, 11) is 0. The first-order valence-corrected chi connectivity index (χ1v) is 9.94. The molecule has 1 aliphatic heterocycles. The summed E-state index contributed by atoms with van der Waals surface area (Å²) in [6.07, 6.45) is 2.76. The molecule has 2 aliphatic rings. The molecule has 1 saturated heterocycles. The first kappa shape index (κ1) is 21.0. The molecular formula is C21H26F2N4O2. The van der Waals surface area contributed by atoms with Gasteiger partial charge in [0.2, 0.25) is 5.91 Å². The van der Waals surface area contributed by atoms with Gasteiger partial charge in [0.15, 0.2) is 0 Å². The minimum Gasteiger partial charge on any atom is -0.341 e. The lowest BCUT2D eigenvalue weighted by Crippen LogP contribution is -2.55. The molecular weight excluding hydrogens is 378 g/mol. The topological polar surface area (TPSA) is 85.2 Å². The van der Waals surface area contributed by atoms with Gasteiger partial charge in [-0.2, -0.15) is 5.26 Å². The van der Waals surface area contributed by atoms with Gasteiger partial charge in [0.25, 0.3) is 5.92 Å². The van der Waals surface area contributed by atoms with Crippen LogP contribution in [-0.2, 0) is 11.2 Å². The predicted octanol–water partition coefficient (Wildman–Crippen LogP) is 2.85. The molecule has 2 N–H and O–H groups in total. The van der Waals surface area contributed by atoms with Crippen LogP contribution in [0.3, 0.4) is 0 Å². The van der Waals surface area contributed by atoms with Gasteiger partial charge < -0.3 is 15.5 Å². The van der Waals surface area contributed by atoms with Gasteiger partial charge in [-0.05, 0) is 36.7 Å². The number of hydrogen-bond acceptors (Lipinski definition) is 3. The zero-order chi connectivity index (χ0) is 20.9. The summed E-state index contributed by atoms with van der Waals surface area (Å²) in [6.45, 7) is 0.856. The average Bonchev–Trinajstić information content (AvgIpc) is 3.44. The van der Waals surface area contributed by atoms with Crippen LogP contribution in [0.4, 0.5) is 13.6 Å². The normalized spacial score (nSPS) is 18.6. The molecule has 29 heavy (non-hydrogen) atoms. The highest BCUT2D eigenvalue weighted by Gasteiger charge is 2.47. The molecule has 1 unspecified atom stereocenters. The van der Waals surface area contributed by atoms with Gasteiger partial charge in [0.05, 0.1) is 6.07 Å². The highest BCUT2D eigenvalue weighted by molar-refractivity contribution is 5.87. The predicted molar refractivity (Wildman–Crippen MR) is 103 cm³/mol. The molecule has 2 fully saturated rings. The molecule has 1 spiro atoms. The Morgan fingerprint density at radius 1 is 1.24 bits per heavy atom. The van der Waals surface area contributed by atoms with E-state index in [0.29, 0.717) is 18.7 Å². The van der Waals surface area contributed by atoms with Crippen molar-refractivity contribution < 1.29 is 18.4 Å². The third-order valence-corrected chi connectivity index (χ3v) is 5.67. The van der Waals surface area contributed by atoms with E-state index in [2.05, 4.69) is 10.6 Å². The van der Waals surface area contributed by atoms with Gasteiger partial charge in [-0.25, -0.2) is 13.6 Å². The molecule has 0 radical (unpaired) electrons. The van der Waals surface area contributed by atoms with E-state index in [9.17, 15) is 18.4 Å². The van der Waals surface area contributed by atoms with Crippen molar-refractivity contribution in [1.82, 2.24) is 15.5 Å². The zero-order valence-electron chi connectivity index (χ0n) is 16.3. The van der Waals surface area contributed by atoms with Gasteiger partial charge >= 0.3 is 6.03 Å². The lowest BCUT2D eigenvalue weighted by Gasteiger charge is -2.34. The molecule has 156 valence electrons. The molecule has 1 aromatic carbocycles. The lowest BCUT2D eigenvalue weighted by molar-refractivity contribution is -0.125. The van der Waals surface area contributed by atoms with Crippen molar-refractivity contribution in [3.63, 3.8) is 0 Å². The molecule has 3 rings (SSSR count). The summed E-state index contributed by atoms with van der Waals surface area (Å²) >= 11 is 0. The number of nitriles is 1. The Labute approximate surface area is 169 Å². The first-order valence-electron chi connectivity index (χ1n) is 9.94. The Kier molecular flexibility index (Phi) is 6.36. The molecule has 1 saturated carbocycles. The monoisotopic (exact) mass is 404 g/mol. The van der Waals surface area contributed by atoms with Crippen LogP contribution >= 0.6 is 0 Å². The summed E-state index contributed by atoms with van der Waals surface area (Å²) < 4.78 is 29.3.